The largest absolute Gasteiger partial charge is 0.451 e. The molecule has 39 heavy (non-hydrogen) atoms. The molecule has 0 radical (unpaired) electrons. The molecule has 0 aromatic heterocycles. The summed E-state index contributed by atoms with van der Waals surface area (Å²) in [7, 11) is 1.64. The Morgan fingerprint density at radius 1 is 0.974 bits per heavy atom. The third-order valence-electron chi connectivity index (χ3n) is 6.57. The van der Waals surface area contributed by atoms with Crippen molar-refractivity contribution in [1.29, 1.82) is 0 Å². The Morgan fingerprint density at radius 3 is 2.36 bits per heavy atom. The van der Waals surface area contributed by atoms with Gasteiger partial charge in [0, 0.05) is 31.5 Å². The quantitative estimate of drug-likeness (QED) is 0.319. The third kappa shape index (κ3) is 7.00. The highest BCUT2D eigenvalue weighted by Gasteiger charge is 2.41. The zero-order chi connectivity index (χ0) is 27.9. The van der Waals surface area contributed by atoms with E-state index < -0.39 is 23.4 Å². The summed E-state index contributed by atoms with van der Waals surface area (Å²) in [5.74, 6) is -0.752. The first kappa shape index (κ1) is 28.2. The van der Waals surface area contributed by atoms with Crippen molar-refractivity contribution in [3.8, 4) is 0 Å². The Bertz CT molecular complexity index is 1310. The predicted molar refractivity (Wildman–Crippen MR) is 153 cm³/mol. The van der Waals surface area contributed by atoms with Gasteiger partial charge in [0.2, 0.25) is 0 Å². The van der Waals surface area contributed by atoms with Gasteiger partial charge in [-0.05, 0) is 42.7 Å². The van der Waals surface area contributed by atoms with E-state index in [1.165, 1.54) is 16.7 Å². The van der Waals surface area contributed by atoms with Crippen LogP contribution in [-0.2, 0) is 25.7 Å². The molecular weight excluding hydrogens is 512 g/mol. The number of fused-ring (bicyclic) bond motifs is 1. The summed E-state index contributed by atoms with van der Waals surface area (Å²) in [5.41, 5.74) is 4.69. The van der Waals surface area contributed by atoms with E-state index in [0.29, 0.717) is 0 Å². The van der Waals surface area contributed by atoms with Crippen LogP contribution in [0.5, 0.6) is 0 Å². The van der Waals surface area contributed by atoms with E-state index in [-0.39, 0.29) is 32.0 Å². The van der Waals surface area contributed by atoms with Gasteiger partial charge in [-0.2, -0.15) is 0 Å². The van der Waals surface area contributed by atoms with Crippen molar-refractivity contribution in [3.63, 3.8) is 0 Å². The molecule has 0 fully saturated rings. The first-order chi connectivity index (χ1) is 18.8. The van der Waals surface area contributed by atoms with E-state index in [4.69, 9.17) is 9.47 Å². The van der Waals surface area contributed by atoms with Crippen molar-refractivity contribution in [1.82, 2.24) is 4.90 Å². The Morgan fingerprint density at radius 2 is 1.67 bits per heavy atom. The maximum Gasteiger partial charge on any atom is 0.409 e. The molecule has 0 saturated carbocycles. The van der Waals surface area contributed by atoms with Crippen molar-refractivity contribution in [3.05, 3.63) is 95.1 Å². The first-order valence-electron chi connectivity index (χ1n) is 13.0. The van der Waals surface area contributed by atoms with Gasteiger partial charge in [-0.25, -0.2) is 4.79 Å². The van der Waals surface area contributed by atoms with Gasteiger partial charge in [0.25, 0.3) is 5.91 Å². The predicted octanol–water partition coefficient (Wildman–Crippen LogP) is 6.07. The summed E-state index contributed by atoms with van der Waals surface area (Å²) in [6.45, 7) is 6.34. The lowest BCUT2D eigenvalue weighted by Gasteiger charge is -2.29. The Kier molecular flexibility index (Phi) is 9.30. The van der Waals surface area contributed by atoms with E-state index in [1.807, 2.05) is 86.6 Å². The number of esters is 1. The van der Waals surface area contributed by atoms with Gasteiger partial charge < -0.3 is 19.3 Å². The number of ether oxygens (including phenoxy) is 2. The molecule has 2 atom stereocenters. The number of carbonyl (C=O) groups is 3. The second-order valence-corrected chi connectivity index (χ2v) is 10.8. The molecule has 1 heterocycles. The summed E-state index contributed by atoms with van der Waals surface area (Å²) in [6, 6.07) is 23.3. The average Bonchev–Trinajstić information content (AvgIpc) is 3.05. The second-order valence-electron chi connectivity index (χ2n) is 9.64. The van der Waals surface area contributed by atoms with Crippen molar-refractivity contribution in [2.45, 2.75) is 50.0 Å². The molecule has 0 bridgehead atoms. The molecule has 4 rings (SSSR count). The van der Waals surface area contributed by atoms with Crippen LogP contribution < -0.4 is 4.90 Å². The Labute approximate surface area is 234 Å². The molecule has 2 unspecified atom stereocenters. The molecule has 3 aromatic rings. The number of nitrogens with zero attached hydrogens (tertiary/aromatic N) is 2. The zero-order valence-electron chi connectivity index (χ0n) is 22.8. The highest BCUT2D eigenvalue weighted by molar-refractivity contribution is 7.99. The molecule has 1 aliphatic heterocycles. The number of carbonyl (C=O) groups excluding carboxylic acids is 3. The molecule has 0 aliphatic carbocycles. The van der Waals surface area contributed by atoms with Gasteiger partial charge in [0.05, 0.1) is 10.9 Å². The monoisotopic (exact) mass is 546 g/mol. The molecule has 7 nitrogen and oxygen atoms in total. The standard InChI is InChI=1S/C31H34N2O5S/c1-5-27(34)38-28-29(24-14-11-21(2)12-15-24)39-26-19-22(3)13-16-25(26)33(30(28)35)18-17-32(4)31(36)37-20-23-9-7-6-8-10-23/h6-16,19,28-29H,5,17-18,20H2,1-4H3. The highest BCUT2D eigenvalue weighted by atomic mass is 32.2. The number of anilines is 1. The number of hydrogen-bond acceptors (Lipinski definition) is 6. The van der Waals surface area contributed by atoms with E-state index in [1.54, 1.807) is 18.9 Å². The Hall–Kier alpha value is -3.78. The number of amides is 2. The summed E-state index contributed by atoms with van der Waals surface area (Å²) >= 11 is 1.52. The normalized spacial score (nSPS) is 16.7. The van der Waals surface area contributed by atoms with Gasteiger partial charge in [-0.1, -0.05) is 73.2 Å². The van der Waals surface area contributed by atoms with Gasteiger partial charge >= 0.3 is 12.1 Å². The van der Waals surface area contributed by atoms with Gasteiger partial charge in [0.15, 0.2) is 6.10 Å². The number of thioether (sulfide) groups is 1. The second kappa shape index (κ2) is 12.8. The van der Waals surface area contributed by atoms with Crippen LogP contribution in [0.1, 0.15) is 40.8 Å². The van der Waals surface area contributed by atoms with Crippen molar-refractivity contribution in [2.75, 3.05) is 25.0 Å². The number of benzene rings is 3. The summed E-state index contributed by atoms with van der Waals surface area (Å²) in [4.78, 5) is 43.2. The molecule has 3 aromatic carbocycles. The van der Waals surface area contributed by atoms with Crippen molar-refractivity contribution < 1.29 is 23.9 Å². The fraction of sp³-hybridized carbons (Fsp3) is 0.323. The van der Waals surface area contributed by atoms with Gasteiger partial charge in [-0.3, -0.25) is 9.59 Å². The van der Waals surface area contributed by atoms with Crippen molar-refractivity contribution >= 4 is 35.4 Å². The molecule has 0 saturated heterocycles. The molecule has 204 valence electrons. The summed E-state index contributed by atoms with van der Waals surface area (Å²) in [6.07, 6.45) is -1.34. The lowest BCUT2D eigenvalue weighted by atomic mass is 10.0. The minimum absolute atomic E-state index is 0.164. The summed E-state index contributed by atoms with van der Waals surface area (Å²) < 4.78 is 11.3. The van der Waals surface area contributed by atoms with Crippen LogP contribution in [0.15, 0.2) is 77.7 Å². The van der Waals surface area contributed by atoms with Crippen LogP contribution in [0.25, 0.3) is 0 Å². The maximum atomic E-state index is 14.1. The number of likely N-dealkylation sites (N-methyl/N-ethyl adjacent to an activating group) is 1. The molecule has 8 heteroatoms. The van der Waals surface area contributed by atoms with Gasteiger partial charge in [-0.15, -0.1) is 11.8 Å². The molecule has 0 N–H and O–H groups in total. The van der Waals surface area contributed by atoms with E-state index in [2.05, 4.69) is 0 Å². The highest BCUT2D eigenvalue weighted by Crippen LogP contribution is 2.47. The minimum atomic E-state index is -1.02. The topological polar surface area (TPSA) is 76.2 Å². The fourth-order valence-corrected chi connectivity index (χ4v) is 5.69. The third-order valence-corrected chi connectivity index (χ3v) is 7.93. The first-order valence-corrected chi connectivity index (χ1v) is 13.9. The van der Waals surface area contributed by atoms with E-state index in [9.17, 15) is 14.4 Å². The SMILES string of the molecule is CCC(=O)OC1C(=O)N(CCN(C)C(=O)OCc2ccccc2)c2ccc(C)cc2SC1c1ccc(C)cc1. The molecule has 1 aliphatic rings. The minimum Gasteiger partial charge on any atom is -0.451 e. The van der Waals surface area contributed by atoms with Crippen LogP contribution >= 0.6 is 11.8 Å². The van der Waals surface area contributed by atoms with Crippen LogP contribution in [0.3, 0.4) is 0 Å². The van der Waals surface area contributed by atoms with Crippen LogP contribution in [0, 0.1) is 13.8 Å². The van der Waals surface area contributed by atoms with E-state index >= 15 is 0 Å². The summed E-state index contributed by atoms with van der Waals surface area (Å²) in [5, 5.41) is -0.423. The van der Waals surface area contributed by atoms with E-state index in [0.717, 1.165) is 32.8 Å². The number of aryl methyl sites for hydroxylation is 2. The lowest BCUT2D eigenvalue weighted by Crippen LogP contribution is -2.46. The van der Waals surface area contributed by atoms with Crippen LogP contribution in [-0.4, -0.2) is 49.1 Å². The molecule has 0 spiro atoms. The number of rotatable bonds is 8. The Balaban J connectivity index is 1.59. The van der Waals surface area contributed by atoms with Gasteiger partial charge in [0.1, 0.15) is 6.61 Å². The van der Waals surface area contributed by atoms with Crippen LogP contribution in [0.4, 0.5) is 10.5 Å². The smallest absolute Gasteiger partial charge is 0.409 e. The van der Waals surface area contributed by atoms with Crippen LogP contribution in [0.2, 0.25) is 0 Å². The fourth-order valence-electron chi connectivity index (χ4n) is 4.28. The molecular formula is C31H34N2O5S. The average molecular weight is 547 g/mol. The molecule has 2 amide bonds. The lowest BCUT2D eigenvalue weighted by molar-refractivity contribution is -0.154. The number of hydrogen-bond donors (Lipinski definition) is 0. The zero-order valence-corrected chi connectivity index (χ0v) is 23.6. The maximum absolute atomic E-state index is 14.1. The van der Waals surface area contributed by atoms with Crippen molar-refractivity contribution in [2.24, 2.45) is 0 Å².